The summed E-state index contributed by atoms with van der Waals surface area (Å²) in [5.74, 6) is 1.57. The van der Waals surface area contributed by atoms with Crippen molar-refractivity contribution in [2.24, 2.45) is 0 Å². The number of nitrogens with zero attached hydrogens (tertiary/aromatic N) is 2. The Hall–Kier alpha value is -3.82. The van der Waals surface area contributed by atoms with Gasteiger partial charge in [0.05, 0.1) is 12.2 Å². The third-order valence-corrected chi connectivity index (χ3v) is 3.97. The van der Waals surface area contributed by atoms with Gasteiger partial charge in [0.2, 0.25) is 5.88 Å². The van der Waals surface area contributed by atoms with Crippen molar-refractivity contribution in [3.8, 4) is 5.88 Å². The number of carbonyl (C=O) groups is 1. The second-order valence-electron chi connectivity index (χ2n) is 6.43. The molecule has 10 heteroatoms. The standard InChI is InChI=1S/C21H20F3N5O2/c1-3-31-19-12-18(25-13(2)26-19)27-15-7-9-16(10-8-15)28-20(30)29-17-6-4-5-14(11-17)21(22,23)24/h4-12H,3H2,1-2H3,(H,25,26,27)(H2,28,29,30). The number of carbonyl (C=O) groups excluding carboxylic acids is 1. The molecule has 0 radical (unpaired) electrons. The molecular weight excluding hydrogens is 411 g/mol. The summed E-state index contributed by atoms with van der Waals surface area (Å²) in [6, 6.07) is 12.1. The maximum absolute atomic E-state index is 12.8. The monoisotopic (exact) mass is 431 g/mol. The molecule has 0 unspecified atom stereocenters. The maximum atomic E-state index is 12.8. The van der Waals surface area contributed by atoms with Crippen LogP contribution in [0.3, 0.4) is 0 Å². The SMILES string of the molecule is CCOc1cc(Nc2ccc(NC(=O)Nc3cccc(C(F)(F)F)c3)cc2)nc(C)n1. The quantitative estimate of drug-likeness (QED) is 0.474. The normalized spacial score (nSPS) is 11.0. The Morgan fingerprint density at radius 3 is 2.32 bits per heavy atom. The molecule has 7 nitrogen and oxygen atoms in total. The molecule has 3 aromatic rings. The lowest BCUT2D eigenvalue weighted by atomic mass is 10.2. The first kappa shape index (κ1) is 21.9. The zero-order valence-electron chi connectivity index (χ0n) is 16.7. The Kier molecular flexibility index (Phi) is 6.58. The zero-order chi connectivity index (χ0) is 22.4. The van der Waals surface area contributed by atoms with Gasteiger partial charge in [0.25, 0.3) is 0 Å². The van der Waals surface area contributed by atoms with Crippen molar-refractivity contribution in [1.29, 1.82) is 0 Å². The summed E-state index contributed by atoms with van der Waals surface area (Å²) in [7, 11) is 0. The average Bonchev–Trinajstić information content (AvgIpc) is 2.69. The number of amides is 2. The second kappa shape index (κ2) is 9.33. The molecule has 162 valence electrons. The van der Waals surface area contributed by atoms with E-state index in [0.29, 0.717) is 35.5 Å². The first-order valence-electron chi connectivity index (χ1n) is 9.34. The van der Waals surface area contributed by atoms with Gasteiger partial charge in [-0.05, 0) is 56.3 Å². The Balaban J connectivity index is 1.61. The minimum Gasteiger partial charge on any atom is -0.478 e. The molecule has 0 aliphatic rings. The molecule has 3 N–H and O–H groups in total. The molecule has 0 bridgehead atoms. The van der Waals surface area contributed by atoms with Crippen LogP contribution in [-0.2, 0) is 6.18 Å². The van der Waals surface area contributed by atoms with Crippen molar-refractivity contribution in [3.05, 3.63) is 66.0 Å². The first-order chi connectivity index (χ1) is 14.7. The van der Waals surface area contributed by atoms with Crippen LogP contribution in [0.15, 0.2) is 54.6 Å². The molecule has 0 spiro atoms. The topological polar surface area (TPSA) is 88.2 Å². The van der Waals surface area contributed by atoms with Gasteiger partial charge in [-0.2, -0.15) is 18.2 Å². The molecule has 0 saturated heterocycles. The van der Waals surface area contributed by atoms with E-state index in [1.165, 1.54) is 12.1 Å². The van der Waals surface area contributed by atoms with Crippen molar-refractivity contribution >= 4 is 28.9 Å². The van der Waals surface area contributed by atoms with Crippen molar-refractivity contribution in [1.82, 2.24) is 9.97 Å². The lowest BCUT2D eigenvalue weighted by molar-refractivity contribution is -0.137. The predicted octanol–water partition coefficient (Wildman–Crippen LogP) is 5.59. The summed E-state index contributed by atoms with van der Waals surface area (Å²) < 4.78 is 43.7. The number of hydrogen-bond acceptors (Lipinski definition) is 5. The van der Waals surface area contributed by atoms with Crippen molar-refractivity contribution < 1.29 is 22.7 Å². The molecule has 3 rings (SSSR count). The Morgan fingerprint density at radius 2 is 1.65 bits per heavy atom. The van der Waals surface area contributed by atoms with Gasteiger partial charge in [0.1, 0.15) is 11.6 Å². The largest absolute Gasteiger partial charge is 0.478 e. The van der Waals surface area contributed by atoms with Crippen molar-refractivity contribution in [2.45, 2.75) is 20.0 Å². The van der Waals surface area contributed by atoms with Crippen LogP contribution in [0.25, 0.3) is 0 Å². The van der Waals surface area contributed by atoms with Crippen LogP contribution in [0, 0.1) is 6.92 Å². The number of aryl methyl sites for hydroxylation is 1. The Labute approximate surface area is 176 Å². The van der Waals surface area contributed by atoms with Gasteiger partial charge in [-0.15, -0.1) is 0 Å². The Bertz CT molecular complexity index is 1060. The van der Waals surface area contributed by atoms with Crippen LogP contribution in [0.4, 0.5) is 40.8 Å². The van der Waals surface area contributed by atoms with Crippen LogP contribution in [0.2, 0.25) is 0 Å². The van der Waals surface area contributed by atoms with Crippen LogP contribution in [0.5, 0.6) is 5.88 Å². The number of anilines is 4. The van der Waals surface area contributed by atoms with E-state index in [-0.39, 0.29) is 5.69 Å². The zero-order valence-corrected chi connectivity index (χ0v) is 16.7. The number of benzene rings is 2. The van der Waals surface area contributed by atoms with Gasteiger partial charge in [-0.1, -0.05) is 6.07 Å². The summed E-state index contributed by atoms with van der Waals surface area (Å²) in [5, 5.41) is 8.07. The van der Waals surface area contributed by atoms with Crippen molar-refractivity contribution in [2.75, 3.05) is 22.6 Å². The summed E-state index contributed by atoms with van der Waals surface area (Å²) in [5.41, 5.74) is 0.372. The number of aromatic nitrogens is 2. The summed E-state index contributed by atoms with van der Waals surface area (Å²) >= 11 is 0. The predicted molar refractivity (Wildman–Crippen MR) is 112 cm³/mol. The average molecular weight is 431 g/mol. The highest BCUT2D eigenvalue weighted by atomic mass is 19.4. The fourth-order valence-corrected chi connectivity index (χ4v) is 2.68. The smallest absolute Gasteiger partial charge is 0.416 e. The van der Waals surface area contributed by atoms with Gasteiger partial charge in [0.15, 0.2) is 0 Å². The number of alkyl halides is 3. The van der Waals surface area contributed by atoms with Gasteiger partial charge < -0.3 is 20.7 Å². The fourth-order valence-electron chi connectivity index (χ4n) is 2.68. The van der Waals surface area contributed by atoms with Crippen LogP contribution >= 0.6 is 0 Å². The van der Waals surface area contributed by atoms with Crippen LogP contribution in [-0.4, -0.2) is 22.6 Å². The van der Waals surface area contributed by atoms with E-state index in [1.54, 1.807) is 37.3 Å². The maximum Gasteiger partial charge on any atom is 0.416 e. The van der Waals surface area contributed by atoms with E-state index in [0.717, 1.165) is 12.1 Å². The molecule has 31 heavy (non-hydrogen) atoms. The lowest BCUT2D eigenvalue weighted by Gasteiger charge is -2.12. The molecule has 0 fully saturated rings. The van der Waals surface area contributed by atoms with E-state index in [9.17, 15) is 18.0 Å². The summed E-state index contributed by atoms with van der Waals surface area (Å²) in [6.45, 7) is 4.10. The third-order valence-electron chi connectivity index (χ3n) is 3.97. The molecule has 2 amide bonds. The molecule has 0 saturated carbocycles. The van der Waals surface area contributed by atoms with Gasteiger partial charge in [-0.3, -0.25) is 0 Å². The molecule has 0 aliphatic heterocycles. The van der Waals surface area contributed by atoms with Gasteiger partial charge in [-0.25, -0.2) is 9.78 Å². The highest BCUT2D eigenvalue weighted by Gasteiger charge is 2.30. The molecular formula is C21H20F3N5O2. The highest BCUT2D eigenvalue weighted by Crippen LogP contribution is 2.30. The van der Waals surface area contributed by atoms with Crippen LogP contribution < -0.4 is 20.7 Å². The first-order valence-corrected chi connectivity index (χ1v) is 9.34. The van der Waals surface area contributed by atoms with Crippen LogP contribution in [0.1, 0.15) is 18.3 Å². The fraction of sp³-hybridized carbons (Fsp3) is 0.190. The number of hydrogen-bond donors (Lipinski definition) is 3. The van der Waals surface area contributed by atoms with Gasteiger partial charge in [0, 0.05) is 23.1 Å². The number of nitrogens with one attached hydrogen (secondary N) is 3. The molecule has 2 aromatic carbocycles. The van der Waals surface area contributed by atoms with E-state index < -0.39 is 17.8 Å². The minimum absolute atomic E-state index is 0.0369. The number of halogens is 3. The van der Waals surface area contributed by atoms with Gasteiger partial charge >= 0.3 is 12.2 Å². The molecule has 0 aliphatic carbocycles. The third kappa shape index (κ3) is 6.33. The lowest BCUT2D eigenvalue weighted by Crippen LogP contribution is -2.19. The Morgan fingerprint density at radius 1 is 0.968 bits per heavy atom. The molecule has 1 aromatic heterocycles. The van der Waals surface area contributed by atoms with E-state index >= 15 is 0 Å². The van der Waals surface area contributed by atoms with E-state index in [2.05, 4.69) is 25.9 Å². The van der Waals surface area contributed by atoms with E-state index in [4.69, 9.17) is 4.74 Å². The summed E-state index contributed by atoms with van der Waals surface area (Å²) in [6.07, 6.45) is -4.48. The van der Waals surface area contributed by atoms with E-state index in [1.807, 2.05) is 6.92 Å². The number of ether oxygens (including phenoxy) is 1. The summed E-state index contributed by atoms with van der Waals surface area (Å²) in [4.78, 5) is 20.6. The number of rotatable bonds is 6. The minimum atomic E-state index is -4.48. The molecule has 1 heterocycles. The second-order valence-corrected chi connectivity index (χ2v) is 6.43. The van der Waals surface area contributed by atoms with Crippen molar-refractivity contribution in [3.63, 3.8) is 0 Å². The highest BCUT2D eigenvalue weighted by molar-refractivity contribution is 5.99. The molecule has 0 atom stereocenters. The number of urea groups is 1.